The summed E-state index contributed by atoms with van der Waals surface area (Å²) in [5, 5.41) is 4.54. The van der Waals surface area contributed by atoms with Gasteiger partial charge in [0, 0.05) is 14.1 Å². The second kappa shape index (κ2) is 3.71. The molecule has 2 heteroatoms. The zero-order valence-corrected chi connectivity index (χ0v) is 9.20. The van der Waals surface area contributed by atoms with Crippen molar-refractivity contribution < 1.29 is 0 Å². The maximum atomic E-state index is 2.27. The second-order valence-electron chi connectivity index (χ2n) is 4.15. The fourth-order valence-electron chi connectivity index (χ4n) is 1.85. The molecule has 1 aliphatic heterocycles. The van der Waals surface area contributed by atoms with Gasteiger partial charge in [-0.2, -0.15) is 0 Å². The Bertz CT molecular complexity index is 297. The molecule has 76 valence electrons. The van der Waals surface area contributed by atoms with Gasteiger partial charge in [0.25, 0.3) is 0 Å². The second-order valence-corrected chi connectivity index (χ2v) is 4.15. The van der Waals surface area contributed by atoms with E-state index >= 15 is 0 Å². The van der Waals surface area contributed by atoms with Crippen LogP contribution >= 0.6 is 0 Å². The summed E-state index contributed by atoms with van der Waals surface area (Å²) < 4.78 is 0. The van der Waals surface area contributed by atoms with E-state index in [-0.39, 0.29) is 0 Å². The van der Waals surface area contributed by atoms with Crippen LogP contribution in [-0.2, 0) is 6.42 Å². The van der Waals surface area contributed by atoms with Crippen molar-refractivity contribution >= 4 is 0 Å². The number of benzene rings is 1. The number of rotatable bonds is 3. The minimum Gasteiger partial charge on any atom is -0.225 e. The summed E-state index contributed by atoms with van der Waals surface area (Å²) in [6, 6.07) is 8.85. The summed E-state index contributed by atoms with van der Waals surface area (Å²) in [7, 11) is 4.28. The topological polar surface area (TPSA) is 6.02 Å². The molecular formula is C12H18N2. The fourth-order valence-corrected chi connectivity index (χ4v) is 1.85. The molecule has 1 heterocycles. The molecule has 14 heavy (non-hydrogen) atoms. The van der Waals surface area contributed by atoms with Crippen molar-refractivity contribution in [2.75, 3.05) is 14.1 Å². The van der Waals surface area contributed by atoms with Crippen molar-refractivity contribution in [1.82, 2.24) is 10.0 Å². The van der Waals surface area contributed by atoms with Gasteiger partial charge in [-0.25, -0.2) is 10.0 Å². The highest BCUT2D eigenvalue weighted by Gasteiger charge is 2.36. The lowest BCUT2D eigenvalue weighted by Crippen LogP contribution is -1.97. The lowest BCUT2D eigenvalue weighted by molar-refractivity contribution is 0.412. The highest BCUT2D eigenvalue weighted by Crippen LogP contribution is 2.24. The molecule has 0 bridgehead atoms. The zero-order chi connectivity index (χ0) is 10.1. The van der Waals surface area contributed by atoms with Crippen LogP contribution in [0.2, 0.25) is 0 Å². The van der Waals surface area contributed by atoms with E-state index in [0.29, 0.717) is 6.17 Å². The van der Waals surface area contributed by atoms with Gasteiger partial charge in [0.1, 0.15) is 0 Å². The molecule has 2 rings (SSSR count). The van der Waals surface area contributed by atoms with E-state index in [0.717, 1.165) is 0 Å². The first-order valence-corrected chi connectivity index (χ1v) is 5.19. The van der Waals surface area contributed by atoms with Crippen LogP contribution in [0.1, 0.15) is 17.5 Å². The smallest absolute Gasteiger partial charge is 0.0891 e. The molecule has 1 aromatic carbocycles. The number of hydrogen-bond donors (Lipinski definition) is 0. The van der Waals surface area contributed by atoms with Crippen molar-refractivity contribution in [3.05, 3.63) is 35.4 Å². The Morgan fingerprint density at radius 2 is 1.64 bits per heavy atom. The molecular weight excluding hydrogens is 172 g/mol. The van der Waals surface area contributed by atoms with Crippen LogP contribution in [0.15, 0.2) is 24.3 Å². The number of nitrogens with zero attached hydrogens (tertiary/aromatic N) is 2. The molecule has 0 aliphatic carbocycles. The van der Waals surface area contributed by atoms with E-state index in [2.05, 4.69) is 55.3 Å². The van der Waals surface area contributed by atoms with E-state index in [1.54, 1.807) is 0 Å². The minimum atomic E-state index is 0.663. The van der Waals surface area contributed by atoms with Gasteiger partial charge in [-0.15, -0.1) is 0 Å². The first-order valence-electron chi connectivity index (χ1n) is 5.19. The SMILES string of the molecule is Cc1ccc(CCC2N(C)N2C)cc1. The zero-order valence-electron chi connectivity index (χ0n) is 9.20. The minimum absolute atomic E-state index is 0.663. The number of hydrogen-bond acceptors (Lipinski definition) is 2. The summed E-state index contributed by atoms with van der Waals surface area (Å²) >= 11 is 0. The highest BCUT2D eigenvalue weighted by atomic mass is 15.8. The van der Waals surface area contributed by atoms with Crippen molar-refractivity contribution in [2.45, 2.75) is 25.9 Å². The summed E-state index contributed by atoms with van der Waals surface area (Å²) in [4.78, 5) is 0. The van der Waals surface area contributed by atoms with Crippen LogP contribution in [-0.4, -0.2) is 30.3 Å². The van der Waals surface area contributed by atoms with Crippen molar-refractivity contribution in [3.8, 4) is 0 Å². The van der Waals surface area contributed by atoms with Crippen LogP contribution in [0, 0.1) is 6.92 Å². The summed E-state index contributed by atoms with van der Waals surface area (Å²) in [5.41, 5.74) is 2.79. The monoisotopic (exact) mass is 190 g/mol. The Morgan fingerprint density at radius 3 is 2.14 bits per heavy atom. The standard InChI is InChI=1S/C12H18N2/c1-10-4-6-11(7-5-10)8-9-12-13(2)14(12)3/h4-7,12H,8-9H2,1-3H3. The van der Waals surface area contributed by atoms with E-state index in [9.17, 15) is 0 Å². The van der Waals surface area contributed by atoms with Crippen LogP contribution < -0.4 is 0 Å². The lowest BCUT2D eigenvalue weighted by Gasteiger charge is -2.00. The quantitative estimate of drug-likeness (QED) is 0.673. The molecule has 0 N–H and O–H groups in total. The van der Waals surface area contributed by atoms with Crippen LogP contribution in [0.3, 0.4) is 0 Å². The summed E-state index contributed by atoms with van der Waals surface area (Å²) in [6.07, 6.45) is 3.08. The molecule has 0 radical (unpaired) electrons. The number of hydrazine groups is 1. The molecule has 1 saturated heterocycles. The largest absolute Gasteiger partial charge is 0.225 e. The Morgan fingerprint density at radius 1 is 1.07 bits per heavy atom. The van der Waals surface area contributed by atoms with Gasteiger partial charge in [0.05, 0.1) is 6.17 Å². The molecule has 0 amide bonds. The van der Waals surface area contributed by atoms with Crippen molar-refractivity contribution in [3.63, 3.8) is 0 Å². The van der Waals surface area contributed by atoms with E-state index in [4.69, 9.17) is 0 Å². The lowest BCUT2D eigenvalue weighted by atomic mass is 10.1. The maximum Gasteiger partial charge on any atom is 0.0891 e. The van der Waals surface area contributed by atoms with E-state index in [1.807, 2.05) is 0 Å². The first kappa shape index (κ1) is 9.69. The molecule has 0 spiro atoms. The van der Waals surface area contributed by atoms with Gasteiger partial charge < -0.3 is 0 Å². The molecule has 0 aromatic heterocycles. The summed E-state index contributed by atoms with van der Waals surface area (Å²) in [5.74, 6) is 0. The van der Waals surface area contributed by atoms with Gasteiger partial charge in [0.15, 0.2) is 0 Å². The van der Waals surface area contributed by atoms with Crippen molar-refractivity contribution in [2.24, 2.45) is 0 Å². The van der Waals surface area contributed by atoms with Gasteiger partial charge in [-0.1, -0.05) is 29.8 Å². The predicted octanol–water partition coefficient (Wildman–Crippen LogP) is 2.05. The number of aryl methyl sites for hydroxylation is 2. The highest BCUT2D eigenvalue weighted by molar-refractivity contribution is 5.21. The first-order chi connectivity index (χ1) is 6.68. The Labute approximate surface area is 86.1 Å². The Balaban J connectivity index is 1.84. The average Bonchev–Trinajstić information content (AvgIpc) is 2.74. The van der Waals surface area contributed by atoms with Gasteiger partial charge in [0.2, 0.25) is 0 Å². The molecule has 0 saturated carbocycles. The molecule has 2 nitrogen and oxygen atoms in total. The normalized spacial score (nSPS) is 30.4. The third-order valence-electron chi connectivity index (χ3n) is 3.12. The van der Waals surface area contributed by atoms with Crippen LogP contribution in [0.5, 0.6) is 0 Å². The predicted molar refractivity (Wildman–Crippen MR) is 58.8 cm³/mol. The van der Waals surface area contributed by atoms with E-state index < -0.39 is 0 Å². The third-order valence-corrected chi connectivity index (χ3v) is 3.12. The molecule has 2 atom stereocenters. The van der Waals surface area contributed by atoms with Crippen molar-refractivity contribution in [1.29, 1.82) is 0 Å². The van der Waals surface area contributed by atoms with Gasteiger partial charge in [-0.3, -0.25) is 0 Å². The Kier molecular flexibility index (Phi) is 2.57. The van der Waals surface area contributed by atoms with E-state index in [1.165, 1.54) is 24.0 Å². The maximum absolute atomic E-state index is 2.27. The third kappa shape index (κ3) is 1.97. The van der Waals surface area contributed by atoms with Crippen LogP contribution in [0.4, 0.5) is 0 Å². The average molecular weight is 190 g/mol. The molecule has 1 aromatic rings. The van der Waals surface area contributed by atoms with Gasteiger partial charge in [-0.05, 0) is 25.3 Å². The molecule has 1 fully saturated rings. The van der Waals surface area contributed by atoms with Gasteiger partial charge >= 0.3 is 0 Å². The molecule has 1 aliphatic rings. The Hall–Kier alpha value is -0.860. The fraction of sp³-hybridized carbons (Fsp3) is 0.500. The summed E-state index contributed by atoms with van der Waals surface area (Å²) in [6.45, 7) is 2.13. The van der Waals surface area contributed by atoms with Crippen LogP contribution in [0.25, 0.3) is 0 Å². The molecule has 2 unspecified atom stereocenters.